The first-order valence-electron chi connectivity index (χ1n) is 9.16. The van der Waals surface area contributed by atoms with Crippen molar-refractivity contribution < 1.29 is 17.9 Å². The lowest BCUT2D eigenvalue weighted by Gasteiger charge is -2.18. The van der Waals surface area contributed by atoms with Crippen LogP contribution in [0.4, 0.5) is 0 Å². The molecule has 7 heteroatoms. The van der Waals surface area contributed by atoms with Crippen molar-refractivity contribution in [3.8, 4) is 5.75 Å². The van der Waals surface area contributed by atoms with Crippen molar-refractivity contribution in [2.45, 2.75) is 43.4 Å². The number of hydrogen-bond acceptors (Lipinski definition) is 4. The molecular weight excluding hydrogens is 352 g/mol. The van der Waals surface area contributed by atoms with Crippen LogP contribution >= 0.6 is 0 Å². The lowest BCUT2D eigenvalue weighted by molar-refractivity contribution is 0.0789. The maximum Gasteiger partial charge on any atom is 0.257 e. The van der Waals surface area contributed by atoms with Crippen molar-refractivity contribution in [1.29, 1.82) is 0 Å². The molecule has 1 aromatic carbocycles. The fourth-order valence-electron chi connectivity index (χ4n) is 3.45. The molecule has 0 atom stereocenters. The van der Waals surface area contributed by atoms with Crippen molar-refractivity contribution in [3.63, 3.8) is 0 Å². The number of sulfonamides is 1. The fourth-order valence-corrected chi connectivity index (χ4v) is 4.51. The molecule has 0 aromatic heterocycles. The zero-order chi connectivity index (χ0) is 18.6. The normalized spacial score (nSPS) is 17.9. The van der Waals surface area contributed by atoms with Crippen LogP contribution in [0.15, 0.2) is 34.7 Å². The highest BCUT2D eigenvalue weighted by atomic mass is 32.2. The van der Waals surface area contributed by atoms with Crippen LogP contribution in [0.2, 0.25) is 0 Å². The largest absolute Gasteiger partial charge is 0.496 e. The Morgan fingerprint density at radius 3 is 2.62 bits per heavy atom. The van der Waals surface area contributed by atoms with Crippen LogP contribution in [0.25, 0.3) is 0 Å². The first kappa shape index (κ1) is 18.9. The van der Waals surface area contributed by atoms with Crippen LogP contribution < -0.4 is 9.46 Å². The van der Waals surface area contributed by atoms with E-state index in [1.54, 1.807) is 11.0 Å². The van der Waals surface area contributed by atoms with Gasteiger partial charge in [0.25, 0.3) is 5.91 Å². The number of carbonyl (C=O) groups is 1. The van der Waals surface area contributed by atoms with Gasteiger partial charge in [-0.05, 0) is 56.7 Å². The van der Waals surface area contributed by atoms with Gasteiger partial charge in [-0.15, -0.1) is 0 Å². The van der Waals surface area contributed by atoms with E-state index in [1.165, 1.54) is 19.2 Å². The molecule has 1 aliphatic heterocycles. The van der Waals surface area contributed by atoms with Crippen molar-refractivity contribution in [2.75, 3.05) is 26.7 Å². The van der Waals surface area contributed by atoms with Crippen molar-refractivity contribution >= 4 is 15.9 Å². The average Bonchev–Trinajstić information content (AvgIpc) is 3.21. The molecule has 3 rings (SSSR count). The third-order valence-electron chi connectivity index (χ3n) is 4.98. The minimum Gasteiger partial charge on any atom is -0.496 e. The number of methoxy groups -OCH3 is 1. The van der Waals surface area contributed by atoms with Gasteiger partial charge in [-0.3, -0.25) is 4.79 Å². The Labute approximate surface area is 155 Å². The maximum absolute atomic E-state index is 12.7. The summed E-state index contributed by atoms with van der Waals surface area (Å²) in [5.41, 5.74) is 1.43. The van der Waals surface area contributed by atoms with Gasteiger partial charge in [0.2, 0.25) is 10.0 Å². The number of allylic oxidation sites excluding steroid dienone is 1. The Balaban J connectivity index is 1.81. The first-order chi connectivity index (χ1) is 12.5. The number of nitrogens with zero attached hydrogens (tertiary/aromatic N) is 1. The van der Waals surface area contributed by atoms with Crippen LogP contribution in [-0.4, -0.2) is 46.0 Å². The first-order valence-corrected chi connectivity index (χ1v) is 10.6. The number of carbonyl (C=O) groups excluding carboxylic acids is 1. The van der Waals surface area contributed by atoms with E-state index >= 15 is 0 Å². The van der Waals surface area contributed by atoms with Gasteiger partial charge in [-0.2, -0.15) is 0 Å². The molecule has 0 radical (unpaired) electrons. The number of benzene rings is 1. The quantitative estimate of drug-likeness (QED) is 0.772. The highest BCUT2D eigenvalue weighted by Gasteiger charge is 2.25. The standard InChI is InChI=1S/C19H26N2O4S/c1-25-18-10-9-16(13-17(18)19(22)21-11-5-6-12-21)26(23,24)20-14-15-7-3-2-4-8-15/h7,9-10,13,20H,2-6,8,11-12,14H2,1H3. The molecule has 0 unspecified atom stereocenters. The smallest absolute Gasteiger partial charge is 0.257 e. The number of likely N-dealkylation sites (tertiary alicyclic amines) is 1. The molecular formula is C19H26N2O4S. The van der Waals surface area contributed by atoms with Gasteiger partial charge in [0.15, 0.2) is 0 Å². The second-order valence-electron chi connectivity index (χ2n) is 6.79. The minimum absolute atomic E-state index is 0.0947. The Hall–Kier alpha value is -1.86. The maximum atomic E-state index is 12.7. The third kappa shape index (κ3) is 4.27. The van der Waals surface area contributed by atoms with Crippen LogP contribution in [0, 0.1) is 0 Å². The fraction of sp³-hybridized carbons (Fsp3) is 0.526. The summed E-state index contributed by atoms with van der Waals surface area (Å²) in [4.78, 5) is 14.6. The summed E-state index contributed by atoms with van der Waals surface area (Å²) in [7, 11) is -2.20. The summed E-state index contributed by atoms with van der Waals surface area (Å²) < 4.78 is 33.3. The zero-order valence-corrected chi connectivity index (χ0v) is 16.0. The monoisotopic (exact) mass is 378 g/mol. The van der Waals surface area contributed by atoms with Crippen LogP contribution in [0.5, 0.6) is 5.75 Å². The Morgan fingerprint density at radius 1 is 1.19 bits per heavy atom. The summed E-state index contributed by atoms with van der Waals surface area (Å²) in [6, 6.07) is 4.46. The molecule has 1 N–H and O–H groups in total. The van der Waals surface area contributed by atoms with Crippen molar-refractivity contribution in [3.05, 3.63) is 35.4 Å². The average molecular weight is 378 g/mol. The molecule has 1 saturated heterocycles. The molecule has 0 bridgehead atoms. The molecule has 0 saturated carbocycles. The van der Waals surface area contributed by atoms with Gasteiger partial charge in [0, 0.05) is 19.6 Å². The Bertz CT molecular complexity index is 796. The second kappa shape index (κ2) is 8.22. The molecule has 2 aliphatic rings. The van der Waals surface area contributed by atoms with Crippen molar-refractivity contribution in [1.82, 2.24) is 9.62 Å². The number of nitrogens with one attached hydrogen (secondary N) is 1. The number of rotatable bonds is 6. The lowest BCUT2D eigenvalue weighted by Crippen LogP contribution is -2.29. The molecule has 6 nitrogen and oxygen atoms in total. The molecule has 26 heavy (non-hydrogen) atoms. The van der Waals surface area contributed by atoms with Gasteiger partial charge < -0.3 is 9.64 Å². The highest BCUT2D eigenvalue weighted by molar-refractivity contribution is 7.89. The predicted molar refractivity (Wildman–Crippen MR) is 99.9 cm³/mol. The third-order valence-corrected chi connectivity index (χ3v) is 6.38. The van der Waals surface area contributed by atoms with Crippen molar-refractivity contribution in [2.24, 2.45) is 0 Å². The summed E-state index contributed by atoms with van der Waals surface area (Å²) in [6.45, 7) is 1.72. The van der Waals surface area contributed by atoms with E-state index in [9.17, 15) is 13.2 Å². The summed E-state index contributed by atoms with van der Waals surface area (Å²) in [6.07, 6.45) is 8.27. The minimum atomic E-state index is -3.68. The van der Waals surface area contributed by atoms with Gasteiger partial charge in [0.1, 0.15) is 5.75 Å². The summed E-state index contributed by atoms with van der Waals surface area (Å²) >= 11 is 0. The van der Waals surface area contributed by atoms with Gasteiger partial charge in [0.05, 0.1) is 17.6 Å². The van der Waals surface area contributed by atoms with E-state index in [2.05, 4.69) is 10.8 Å². The van der Waals surface area contributed by atoms with E-state index in [0.29, 0.717) is 30.9 Å². The van der Waals surface area contributed by atoms with E-state index in [0.717, 1.165) is 44.1 Å². The molecule has 0 spiro atoms. The molecule has 1 amide bonds. The van der Waals surface area contributed by atoms with Crippen LogP contribution in [-0.2, 0) is 10.0 Å². The molecule has 1 heterocycles. The van der Waals surface area contributed by atoms with Crippen LogP contribution in [0.1, 0.15) is 48.9 Å². The van der Waals surface area contributed by atoms with E-state index in [-0.39, 0.29) is 10.8 Å². The molecule has 1 aromatic rings. The van der Waals surface area contributed by atoms with E-state index < -0.39 is 10.0 Å². The molecule has 1 aliphatic carbocycles. The lowest BCUT2D eigenvalue weighted by atomic mass is 10.0. The Morgan fingerprint density at radius 2 is 1.96 bits per heavy atom. The predicted octanol–water partition coefficient (Wildman–Crippen LogP) is 2.71. The summed E-state index contributed by atoms with van der Waals surface area (Å²) in [5, 5.41) is 0. The SMILES string of the molecule is COc1ccc(S(=O)(=O)NCC2=CCCCC2)cc1C(=O)N1CCCC1. The number of hydrogen-bond donors (Lipinski definition) is 1. The van der Waals surface area contributed by atoms with E-state index in [1.807, 2.05) is 0 Å². The number of amides is 1. The topological polar surface area (TPSA) is 75.7 Å². The highest BCUT2D eigenvalue weighted by Crippen LogP contribution is 2.26. The second-order valence-corrected chi connectivity index (χ2v) is 8.56. The van der Waals surface area contributed by atoms with Gasteiger partial charge in [-0.25, -0.2) is 13.1 Å². The summed E-state index contributed by atoms with van der Waals surface area (Å²) in [5.74, 6) is 0.224. The molecule has 1 fully saturated rings. The van der Waals surface area contributed by atoms with Gasteiger partial charge in [-0.1, -0.05) is 11.6 Å². The van der Waals surface area contributed by atoms with Gasteiger partial charge >= 0.3 is 0 Å². The molecule has 142 valence electrons. The van der Waals surface area contributed by atoms with E-state index in [4.69, 9.17) is 4.74 Å². The number of ether oxygens (including phenoxy) is 1. The Kier molecular flexibility index (Phi) is 5.98. The van der Waals surface area contributed by atoms with Crippen LogP contribution in [0.3, 0.4) is 0 Å². The zero-order valence-electron chi connectivity index (χ0n) is 15.2.